The lowest BCUT2D eigenvalue weighted by molar-refractivity contribution is 0.577. The highest BCUT2D eigenvalue weighted by atomic mass is 35.5. The Morgan fingerprint density at radius 1 is 1.40 bits per heavy atom. The Hall–Kier alpha value is -0.670. The van der Waals surface area contributed by atoms with Crippen LogP contribution in [0.3, 0.4) is 0 Å². The summed E-state index contributed by atoms with van der Waals surface area (Å²) in [6, 6.07) is 6.47. The molecular weight excluding hydrogens is 288 g/mol. The van der Waals surface area contributed by atoms with Crippen molar-refractivity contribution in [2.24, 2.45) is 0 Å². The fourth-order valence-corrected chi connectivity index (χ4v) is 4.43. The normalized spacial score (nSPS) is 19.6. The summed E-state index contributed by atoms with van der Waals surface area (Å²) in [5.41, 5.74) is 3.68. The average Bonchev–Trinajstić information content (AvgIpc) is 2.81. The summed E-state index contributed by atoms with van der Waals surface area (Å²) in [7, 11) is 0. The van der Waals surface area contributed by atoms with Crippen molar-refractivity contribution in [3.05, 3.63) is 29.6 Å². The van der Waals surface area contributed by atoms with E-state index in [1.807, 2.05) is 0 Å². The molecule has 108 valence electrons. The summed E-state index contributed by atoms with van der Waals surface area (Å²) >= 11 is 8.08. The first-order valence-corrected chi connectivity index (χ1v) is 9.00. The summed E-state index contributed by atoms with van der Waals surface area (Å²) in [6.45, 7) is 3.22. The fourth-order valence-electron chi connectivity index (χ4n) is 2.97. The maximum absolute atomic E-state index is 5.96. The molecule has 0 saturated carbocycles. The Kier molecular flexibility index (Phi) is 4.57. The minimum Gasteiger partial charge on any atom is -0.327 e. The molecule has 1 saturated heterocycles. The minimum atomic E-state index is 0.639. The molecule has 2 nitrogen and oxygen atoms in total. The van der Waals surface area contributed by atoms with Gasteiger partial charge in [-0.2, -0.15) is 11.8 Å². The molecule has 1 aromatic carbocycles. The number of rotatable bonds is 4. The van der Waals surface area contributed by atoms with Crippen LogP contribution in [-0.4, -0.2) is 26.4 Å². The van der Waals surface area contributed by atoms with E-state index in [4.69, 9.17) is 16.6 Å². The van der Waals surface area contributed by atoms with Crippen molar-refractivity contribution in [3.8, 4) is 0 Å². The van der Waals surface area contributed by atoms with Crippen LogP contribution in [0.2, 0.25) is 0 Å². The number of hydrogen-bond acceptors (Lipinski definition) is 2. The molecule has 20 heavy (non-hydrogen) atoms. The number of nitrogens with zero attached hydrogens (tertiary/aromatic N) is 2. The molecule has 1 aromatic heterocycles. The van der Waals surface area contributed by atoms with Crippen LogP contribution in [-0.2, 0) is 13.0 Å². The number of hydrogen-bond donors (Lipinski definition) is 0. The summed E-state index contributed by atoms with van der Waals surface area (Å²) in [4.78, 5) is 4.84. The van der Waals surface area contributed by atoms with Crippen molar-refractivity contribution in [2.45, 2.75) is 44.4 Å². The maximum Gasteiger partial charge on any atom is 0.111 e. The average molecular weight is 309 g/mol. The molecule has 0 bridgehead atoms. The lowest BCUT2D eigenvalue weighted by Crippen LogP contribution is -2.18. The molecule has 0 amide bonds. The lowest BCUT2D eigenvalue weighted by Gasteiger charge is -2.22. The van der Waals surface area contributed by atoms with Gasteiger partial charge in [-0.15, -0.1) is 11.6 Å². The molecule has 0 radical (unpaired) electrons. The first kappa shape index (κ1) is 14.3. The zero-order valence-corrected chi connectivity index (χ0v) is 13.5. The second-order valence-corrected chi connectivity index (χ2v) is 7.30. The second kappa shape index (κ2) is 6.40. The molecule has 0 aliphatic carbocycles. The number of thioether (sulfide) groups is 1. The minimum absolute atomic E-state index is 0.639. The smallest absolute Gasteiger partial charge is 0.111 e. The third-order valence-electron chi connectivity index (χ3n) is 4.04. The summed E-state index contributed by atoms with van der Waals surface area (Å²) in [6.07, 6.45) is 4.93. The predicted molar refractivity (Wildman–Crippen MR) is 89.0 cm³/mol. The quantitative estimate of drug-likeness (QED) is 0.779. The Bertz CT molecular complexity index is 587. The van der Waals surface area contributed by atoms with Gasteiger partial charge in [0.05, 0.1) is 11.0 Å². The lowest BCUT2D eigenvalue weighted by atomic mass is 10.2. The molecule has 1 atom stereocenters. The van der Waals surface area contributed by atoms with E-state index in [-0.39, 0.29) is 0 Å². The monoisotopic (exact) mass is 308 g/mol. The van der Waals surface area contributed by atoms with E-state index in [0.29, 0.717) is 5.88 Å². The van der Waals surface area contributed by atoms with Crippen molar-refractivity contribution in [1.82, 2.24) is 9.55 Å². The molecule has 1 aliphatic heterocycles. The Morgan fingerprint density at radius 2 is 2.30 bits per heavy atom. The van der Waals surface area contributed by atoms with Gasteiger partial charge in [0.15, 0.2) is 0 Å². The molecule has 0 spiro atoms. The molecular formula is C16H21ClN2S. The maximum atomic E-state index is 5.96. The van der Waals surface area contributed by atoms with E-state index in [0.717, 1.165) is 29.6 Å². The number of halogens is 1. The molecule has 1 unspecified atom stereocenters. The number of para-hydroxylation sites is 1. The zero-order chi connectivity index (χ0) is 13.9. The van der Waals surface area contributed by atoms with Crippen molar-refractivity contribution in [1.29, 1.82) is 0 Å². The van der Waals surface area contributed by atoms with Crippen molar-refractivity contribution in [3.63, 3.8) is 0 Å². The van der Waals surface area contributed by atoms with Gasteiger partial charge in [-0.3, -0.25) is 0 Å². The predicted octanol–water partition coefficient (Wildman–Crippen LogP) is 4.41. The van der Waals surface area contributed by atoms with Crippen LogP contribution in [0.4, 0.5) is 0 Å². The summed E-state index contributed by atoms with van der Waals surface area (Å²) < 4.78 is 2.41. The van der Waals surface area contributed by atoms with Crippen molar-refractivity contribution >= 4 is 34.4 Å². The van der Waals surface area contributed by atoms with Crippen LogP contribution < -0.4 is 0 Å². The van der Waals surface area contributed by atoms with Crippen molar-refractivity contribution < 1.29 is 0 Å². The number of fused-ring (bicyclic) bond motifs is 1. The van der Waals surface area contributed by atoms with Gasteiger partial charge in [0.25, 0.3) is 0 Å². The van der Waals surface area contributed by atoms with Gasteiger partial charge in [-0.1, -0.05) is 18.6 Å². The Balaban J connectivity index is 1.97. The number of aryl methyl sites for hydroxylation is 2. The first-order valence-electron chi connectivity index (χ1n) is 7.42. The molecule has 4 heteroatoms. The van der Waals surface area contributed by atoms with Crippen LogP contribution in [0, 0.1) is 6.92 Å². The van der Waals surface area contributed by atoms with Crippen LogP contribution in [0.25, 0.3) is 11.0 Å². The molecule has 2 heterocycles. The van der Waals surface area contributed by atoms with E-state index in [2.05, 4.69) is 41.5 Å². The molecule has 3 rings (SSSR count). The van der Waals surface area contributed by atoms with E-state index in [1.54, 1.807) is 0 Å². The van der Waals surface area contributed by atoms with E-state index in [9.17, 15) is 0 Å². The second-order valence-electron chi connectivity index (χ2n) is 5.51. The van der Waals surface area contributed by atoms with Crippen LogP contribution in [0.15, 0.2) is 18.2 Å². The van der Waals surface area contributed by atoms with E-state index in [1.165, 1.54) is 36.1 Å². The highest BCUT2D eigenvalue weighted by Crippen LogP contribution is 2.29. The molecule has 1 fully saturated rings. The van der Waals surface area contributed by atoms with Crippen LogP contribution in [0.1, 0.15) is 30.7 Å². The SMILES string of the molecule is Cc1cccc2c1nc(CCCl)n2CC1CCCCS1. The van der Waals surface area contributed by atoms with Gasteiger partial charge >= 0.3 is 0 Å². The molecule has 1 aliphatic rings. The van der Waals surface area contributed by atoms with Gasteiger partial charge in [-0.25, -0.2) is 4.98 Å². The Morgan fingerprint density at radius 3 is 3.05 bits per heavy atom. The number of alkyl halides is 1. The topological polar surface area (TPSA) is 17.8 Å². The van der Waals surface area contributed by atoms with Gasteiger partial charge < -0.3 is 4.57 Å². The fraction of sp³-hybridized carbons (Fsp3) is 0.562. The molecule has 2 aromatic rings. The highest BCUT2D eigenvalue weighted by Gasteiger charge is 2.18. The Labute approximate surface area is 129 Å². The van der Waals surface area contributed by atoms with E-state index < -0.39 is 0 Å². The van der Waals surface area contributed by atoms with Gasteiger partial charge in [0.1, 0.15) is 5.82 Å². The number of aromatic nitrogens is 2. The van der Waals surface area contributed by atoms with Gasteiger partial charge in [-0.05, 0) is 37.1 Å². The van der Waals surface area contributed by atoms with Gasteiger partial charge in [0.2, 0.25) is 0 Å². The summed E-state index contributed by atoms with van der Waals surface area (Å²) in [5.74, 6) is 3.09. The molecule has 0 N–H and O–H groups in total. The third kappa shape index (κ3) is 2.84. The van der Waals surface area contributed by atoms with Crippen molar-refractivity contribution in [2.75, 3.05) is 11.6 Å². The summed E-state index contributed by atoms with van der Waals surface area (Å²) in [5, 5.41) is 0.732. The largest absolute Gasteiger partial charge is 0.327 e. The zero-order valence-electron chi connectivity index (χ0n) is 11.9. The third-order valence-corrected chi connectivity index (χ3v) is 5.61. The standard InChI is InChI=1S/C16H21ClN2S/c1-12-5-4-7-14-16(12)18-15(8-9-17)19(14)11-13-6-2-3-10-20-13/h4-5,7,13H,2-3,6,8-11H2,1H3. The van der Waals surface area contributed by atoms with Crippen LogP contribution in [0.5, 0.6) is 0 Å². The van der Waals surface area contributed by atoms with Gasteiger partial charge in [0, 0.05) is 24.1 Å². The number of benzene rings is 1. The highest BCUT2D eigenvalue weighted by molar-refractivity contribution is 7.99. The van der Waals surface area contributed by atoms with Crippen LogP contribution >= 0.6 is 23.4 Å². The number of imidazole rings is 1. The van der Waals surface area contributed by atoms with E-state index >= 15 is 0 Å². The first-order chi connectivity index (χ1) is 9.79.